The summed E-state index contributed by atoms with van der Waals surface area (Å²) >= 11 is 0. The van der Waals surface area contributed by atoms with Gasteiger partial charge in [0.1, 0.15) is 5.69 Å². The number of nitrogens with one attached hydrogen (secondary N) is 1. The SMILES string of the molecule is CC(Nc1ccc(C(=O)N(Cc2ccccc2)C(C)C)cc1[N+](=O)[O-])c1ccccn1. The highest BCUT2D eigenvalue weighted by atomic mass is 16.6. The van der Waals surface area contributed by atoms with Gasteiger partial charge in [-0.1, -0.05) is 36.4 Å². The van der Waals surface area contributed by atoms with Gasteiger partial charge in [0.2, 0.25) is 0 Å². The Morgan fingerprint density at radius 3 is 2.39 bits per heavy atom. The fourth-order valence-electron chi connectivity index (χ4n) is 3.31. The van der Waals surface area contributed by atoms with E-state index in [1.807, 2.05) is 69.3 Å². The molecule has 0 saturated heterocycles. The molecular weight excluding hydrogens is 392 g/mol. The van der Waals surface area contributed by atoms with Crippen molar-refractivity contribution in [2.45, 2.75) is 39.4 Å². The highest BCUT2D eigenvalue weighted by Gasteiger charge is 2.24. The van der Waals surface area contributed by atoms with E-state index in [9.17, 15) is 14.9 Å². The molecule has 1 heterocycles. The summed E-state index contributed by atoms with van der Waals surface area (Å²) < 4.78 is 0. The number of nitro benzene ring substituents is 1. The van der Waals surface area contributed by atoms with Crippen LogP contribution in [-0.2, 0) is 6.54 Å². The standard InChI is InChI=1S/C24H26N4O3/c1-17(2)27(16-19-9-5-4-6-10-19)24(29)20-12-13-22(23(15-20)28(30)31)26-18(3)21-11-7-8-14-25-21/h4-15,17-18,26H,16H2,1-3H3. The fourth-order valence-corrected chi connectivity index (χ4v) is 3.31. The molecule has 160 valence electrons. The maximum atomic E-state index is 13.2. The van der Waals surface area contributed by atoms with E-state index in [-0.39, 0.29) is 29.2 Å². The number of rotatable bonds is 8. The van der Waals surface area contributed by atoms with E-state index in [1.165, 1.54) is 6.07 Å². The predicted molar refractivity (Wildman–Crippen MR) is 121 cm³/mol. The summed E-state index contributed by atoms with van der Waals surface area (Å²) in [6, 6.07) is 19.5. The molecule has 1 aromatic heterocycles. The number of nitrogens with zero attached hydrogens (tertiary/aromatic N) is 3. The molecule has 0 aliphatic carbocycles. The zero-order valence-electron chi connectivity index (χ0n) is 17.9. The van der Waals surface area contributed by atoms with Gasteiger partial charge in [-0.15, -0.1) is 0 Å². The number of hydrogen-bond donors (Lipinski definition) is 1. The number of carbonyl (C=O) groups is 1. The molecule has 0 radical (unpaired) electrons. The topological polar surface area (TPSA) is 88.4 Å². The maximum absolute atomic E-state index is 13.2. The second kappa shape index (κ2) is 9.84. The van der Waals surface area contributed by atoms with E-state index in [0.717, 1.165) is 11.3 Å². The molecule has 0 fully saturated rings. The average molecular weight is 418 g/mol. The Morgan fingerprint density at radius 2 is 1.77 bits per heavy atom. The zero-order chi connectivity index (χ0) is 22.4. The third-order valence-electron chi connectivity index (χ3n) is 5.02. The van der Waals surface area contributed by atoms with Crippen molar-refractivity contribution in [3.05, 3.63) is 99.9 Å². The van der Waals surface area contributed by atoms with Gasteiger partial charge in [-0.3, -0.25) is 19.9 Å². The van der Waals surface area contributed by atoms with E-state index < -0.39 is 4.92 Å². The maximum Gasteiger partial charge on any atom is 0.293 e. The predicted octanol–water partition coefficient (Wildman–Crippen LogP) is 5.21. The summed E-state index contributed by atoms with van der Waals surface area (Å²) in [6.45, 7) is 6.17. The summed E-state index contributed by atoms with van der Waals surface area (Å²) in [7, 11) is 0. The third-order valence-corrected chi connectivity index (χ3v) is 5.02. The molecular formula is C24H26N4O3. The number of anilines is 1. The van der Waals surface area contributed by atoms with Crippen molar-refractivity contribution in [2.75, 3.05) is 5.32 Å². The molecule has 1 unspecified atom stereocenters. The normalized spacial score (nSPS) is 11.7. The van der Waals surface area contributed by atoms with Gasteiger partial charge in [-0.25, -0.2) is 0 Å². The minimum atomic E-state index is -0.471. The van der Waals surface area contributed by atoms with E-state index in [1.54, 1.807) is 23.2 Å². The Bertz CT molecular complexity index is 1040. The van der Waals surface area contributed by atoms with E-state index in [0.29, 0.717) is 12.2 Å². The van der Waals surface area contributed by atoms with Crippen LogP contribution in [0.15, 0.2) is 72.9 Å². The summed E-state index contributed by atoms with van der Waals surface area (Å²) in [4.78, 5) is 30.4. The molecule has 1 N–H and O–H groups in total. The lowest BCUT2D eigenvalue weighted by Gasteiger charge is -2.27. The summed E-state index contributed by atoms with van der Waals surface area (Å²) in [6.07, 6.45) is 1.68. The van der Waals surface area contributed by atoms with Crippen LogP contribution >= 0.6 is 0 Å². The first-order valence-electron chi connectivity index (χ1n) is 10.2. The smallest absolute Gasteiger partial charge is 0.293 e. The molecule has 1 amide bonds. The summed E-state index contributed by atoms with van der Waals surface area (Å²) in [5.74, 6) is -0.244. The molecule has 0 saturated carbocycles. The quantitative estimate of drug-likeness (QED) is 0.400. The number of aromatic nitrogens is 1. The molecule has 7 nitrogen and oxygen atoms in total. The lowest BCUT2D eigenvalue weighted by Crippen LogP contribution is -2.36. The molecule has 1 atom stereocenters. The van der Waals surface area contributed by atoms with Crippen LogP contribution in [0.3, 0.4) is 0 Å². The van der Waals surface area contributed by atoms with E-state index in [4.69, 9.17) is 0 Å². The molecule has 31 heavy (non-hydrogen) atoms. The number of benzene rings is 2. The molecule has 0 aliphatic heterocycles. The van der Waals surface area contributed by atoms with Crippen LogP contribution in [0.1, 0.15) is 48.4 Å². The van der Waals surface area contributed by atoms with Crippen molar-refractivity contribution in [3.8, 4) is 0 Å². The highest BCUT2D eigenvalue weighted by molar-refractivity contribution is 5.96. The van der Waals surface area contributed by atoms with Gasteiger partial charge >= 0.3 is 0 Å². The molecule has 0 spiro atoms. The van der Waals surface area contributed by atoms with Crippen LogP contribution in [0.25, 0.3) is 0 Å². The number of nitro groups is 1. The first-order valence-corrected chi connectivity index (χ1v) is 10.2. The van der Waals surface area contributed by atoms with Crippen molar-refractivity contribution in [2.24, 2.45) is 0 Å². The van der Waals surface area contributed by atoms with Crippen LogP contribution in [0.2, 0.25) is 0 Å². The van der Waals surface area contributed by atoms with Crippen molar-refractivity contribution in [1.29, 1.82) is 0 Å². The number of amides is 1. The Hall–Kier alpha value is -3.74. The van der Waals surface area contributed by atoms with Crippen LogP contribution in [-0.4, -0.2) is 26.8 Å². The minimum Gasteiger partial charge on any atom is -0.371 e. The molecule has 3 rings (SSSR count). The number of carbonyl (C=O) groups excluding carboxylic acids is 1. The van der Waals surface area contributed by atoms with Gasteiger partial charge in [-0.05, 0) is 50.6 Å². The van der Waals surface area contributed by atoms with Gasteiger partial charge in [-0.2, -0.15) is 0 Å². The minimum absolute atomic E-state index is 0.0614. The largest absolute Gasteiger partial charge is 0.371 e. The first-order chi connectivity index (χ1) is 14.9. The Kier molecular flexibility index (Phi) is 6.97. The van der Waals surface area contributed by atoms with Gasteiger partial charge in [0, 0.05) is 30.4 Å². The van der Waals surface area contributed by atoms with Crippen molar-refractivity contribution in [3.63, 3.8) is 0 Å². The van der Waals surface area contributed by atoms with E-state index in [2.05, 4.69) is 10.3 Å². The van der Waals surface area contributed by atoms with E-state index >= 15 is 0 Å². The second-order valence-corrected chi connectivity index (χ2v) is 7.62. The lowest BCUT2D eigenvalue weighted by atomic mass is 10.1. The Labute approximate surface area is 181 Å². The molecule has 0 aliphatic rings. The van der Waals surface area contributed by atoms with Crippen LogP contribution in [0.5, 0.6) is 0 Å². The third kappa shape index (κ3) is 5.45. The highest BCUT2D eigenvalue weighted by Crippen LogP contribution is 2.29. The Morgan fingerprint density at radius 1 is 1.06 bits per heavy atom. The monoisotopic (exact) mass is 418 g/mol. The van der Waals surface area contributed by atoms with Crippen LogP contribution < -0.4 is 5.32 Å². The first kappa shape index (κ1) is 22.0. The van der Waals surface area contributed by atoms with Gasteiger partial charge in [0.25, 0.3) is 11.6 Å². The lowest BCUT2D eigenvalue weighted by molar-refractivity contribution is -0.384. The second-order valence-electron chi connectivity index (χ2n) is 7.62. The number of hydrogen-bond acceptors (Lipinski definition) is 5. The molecule has 3 aromatic rings. The van der Waals surface area contributed by atoms with Crippen LogP contribution in [0.4, 0.5) is 11.4 Å². The van der Waals surface area contributed by atoms with Crippen LogP contribution in [0, 0.1) is 10.1 Å². The van der Waals surface area contributed by atoms with Gasteiger partial charge < -0.3 is 10.2 Å². The molecule has 7 heteroatoms. The molecule has 2 aromatic carbocycles. The number of pyridine rings is 1. The fraction of sp³-hybridized carbons (Fsp3) is 0.250. The summed E-state index contributed by atoms with van der Waals surface area (Å²) in [5.41, 5.74) is 2.26. The van der Waals surface area contributed by atoms with Gasteiger partial charge in [0.15, 0.2) is 0 Å². The van der Waals surface area contributed by atoms with Crippen molar-refractivity contribution in [1.82, 2.24) is 9.88 Å². The average Bonchev–Trinajstić information content (AvgIpc) is 2.78. The zero-order valence-corrected chi connectivity index (χ0v) is 17.9. The van der Waals surface area contributed by atoms with Crippen molar-refractivity contribution < 1.29 is 9.72 Å². The van der Waals surface area contributed by atoms with Gasteiger partial charge in [0.05, 0.1) is 16.7 Å². The van der Waals surface area contributed by atoms with Crippen molar-refractivity contribution >= 4 is 17.3 Å². The Balaban J connectivity index is 1.86. The summed E-state index contributed by atoms with van der Waals surface area (Å²) in [5, 5.41) is 14.9. The molecule has 0 bridgehead atoms.